The predicted octanol–water partition coefficient (Wildman–Crippen LogP) is 1.99. The first kappa shape index (κ1) is 16.4. The van der Waals surface area contributed by atoms with Crippen LogP contribution in [0.15, 0.2) is 67.3 Å². The summed E-state index contributed by atoms with van der Waals surface area (Å²) in [7, 11) is 0. The lowest BCUT2D eigenvalue weighted by atomic mass is 9.99. The Balaban J connectivity index is 1.76. The Kier molecular flexibility index (Phi) is 4.05. The van der Waals surface area contributed by atoms with Crippen LogP contribution in [0, 0.1) is 10.1 Å². The maximum atomic E-state index is 11.0. The van der Waals surface area contributed by atoms with Gasteiger partial charge >= 0.3 is 5.95 Å². The summed E-state index contributed by atoms with van der Waals surface area (Å²) in [6.07, 6.45) is 2.74. The molecule has 27 heavy (non-hydrogen) atoms. The van der Waals surface area contributed by atoms with E-state index >= 15 is 0 Å². The molecule has 2 N–H and O–H groups in total. The summed E-state index contributed by atoms with van der Waals surface area (Å²) in [4.78, 5) is 18.0. The number of rotatable bonds is 5. The van der Waals surface area contributed by atoms with Gasteiger partial charge in [0.15, 0.2) is 0 Å². The van der Waals surface area contributed by atoms with E-state index in [0.29, 0.717) is 0 Å². The number of hydrogen-bond donors (Lipinski definition) is 1. The molecular weight excluding hydrogens is 348 g/mol. The highest BCUT2D eigenvalue weighted by molar-refractivity contribution is 5.41. The number of anilines is 1. The van der Waals surface area contributed by atoms with Crippen molar-refractivity contribution >= 4 is 11.9 Å². The molecule has 0 saturated heterocycles. The van der Waals surface area contributed by atoms with Gasteiger partial charge in [0, 0.05) is 5.10 Å². The van der Waals surface area contributed by atoms with E-state index in [4.69, 9.17) is 5.73 Å². The zero-order chi connectivity index (χ0) is 18.8. The van der Waals surface area contributed by atoms with E-state index in [1.807, 2.05) is 54.6 Å². The number of hydrogen-bond acceptors (Lipinski definition) is 7. The summed E-state index contributed by atoms with van der Waals surface area (Å²) < 4.78 is 2.99. The molecule has 1 atom stereocenters. The molecule has 0 spiro atoms. The lowest BCUT2D eigenvalue weighted by Gasteiger charge is -2.16. The van der Waals surface area contributed by atoms with Gasteiger partial charge in [-0.05, 0) is 28.2 Å². The van der Waals surface area contributed by atoms with Crippen molar-refractivity contribution < 1.29 is 4.92 Å². The van der Waals surface area contributed by atoms with Gasteiger partial charge in [-0.2, -0.15) is 19.4 Å². The number of nitrogen functional groups attached to an aromatic ring is 1. The summed E-state index contributed by atoms with van der Waals surface area (Å²) in [5, 5.41) is 19.0. The van der Waals surface area contributed by atoms with Gasteiger partial charge in [0.1, 0.15) is 12.4 Å². The van der Waals surface area contributed by atoms with Crippen LogP contribution in [0.3, 0.4) is 0 Å². The van der Waals surface area contributed by atoms with Crippen LogP contribution in [0.1, 0.15) is 17.2 Å². The SMILES string of the molecule is Nc1ncnn1-c1ccc(C(c2ccccc2)n2cnc([N+](=O)[O-])n2)cc1. The molecule has 0 amide bonds. The van der Waals surface area contributed by atoms with Crippen molar-refractivity contribution in [3.05, 3.63) is 88.5 Å². The van der Waals surface area contributed by atoms with Crippen LogP contribution in [0.4, 0.5) is 11.9 Å². The second-order valence-corrected chi connectivity index (χ2v) is 5.72. The van der Waals surface area contributed by atoms with Gasteiger partial charge < -0.3 is 15.8 Å². The second kappa shape index (κ2) is 6.67. The second-order valence-electron chi connectivity index (χ2n) is 5.72. The Hall–Kier alpha value is -4.08. The molecule has 0 radical (unpaired) electrons. The highest BCUT2D eigenvalue weighted by atomic mass is 16.6. The minimum Gasteiger partial charge on any atom is -0.390 e. The minimum absolute atomic E-state index is 0.286. The van der Waals surface area contributed by atoms with E-state index in [9.17, 15) is 10.1 Å². The lowest BCUT2D eigenvalue weighted by Crippen LogP contribution is -2.13. The van der Waals surface area contributed by atoms with Crippen molar-refractivity contribution in [1.29, 1.82) is 0 Å². The van der Waals surface area contributed by atoms with Gasteiger partial charge in [-0.3, -0.25) is 0 Å². The molecule has 0 saturated carbocycles. The number of benzene rings is 2. The van der Waals surface area contributed by atoms with Gasteiger partial charge in [0.05, 0.1) is 5.69 Å². The molecule has 0 fully saturated rings. The Bertz CT molecular complexity index is 1070. The van der Waals surface area contributed by atoms with Gasteiger partial charge in [0.2, 0.25) is 12.3 Å². The highest BCUT2D eigenvalue weighted by Crippen LogP contribution is 2.27. The predicted molar refractivity (Wildman–Crippen MR) is 96.1 cm³/mol. The van der Waals surface area contributed by atoms with Gasteiger partial charge in [-0.25, -0.2) is 0 Å². The van der Waals surface area contributed by atoms with Gasteiger partial charge in [-0.15, -0.1) is 0 Å². The average Bonchev–Trinajstić information content (AvgIpc) is 3.33. The van der Waals surface area contributed by atoms with Crippen molar-refractivity contribution in [3.8, 4) is 5.69 Å². The third-order valence-corrected chi connectivity index (χ3v) is 4.07. The number of nitrogens with zero attached hydrogens (tertiary/aromatic N) is 7. The van der Waals surface area contributed by atoms with Crippen molar-refractivity contribution in [2.75, 3.05) is 5.73 Å². The Morgan fingerprint density at radius 1 is 1.00 bits per heavy atom. The fourth-order valence-corrected chi connectivity index (χ4v) is 2.85. The number of nitrogens with two attached hydrogens (primary N) is 1. The average molecular weight is 362 g/mol. The van der Waals surface area contributed by atoms with E-state index in [1.165, 1.54) is 22.0 Å². The molecule has 10 heteroatoms. The molecule has 2 heterocycles. The summed E-state index contributed by atoms with van der Waals surface area (Å²) in [6, 6.07) is 16.7. The lowest BCUT2D eigenvalue weighted by molar-refractivity contribution is -0.394. The van der Waals surface area contributed by atoms with Gasteiger partial charge in [-0.1, -0.05) is 47.4 Å². The summed E-state index contributed by atoms with van der Waals surface area (Å²) >= 11 is 0. The van der Waals surface area contributed by atoms with Crippen LogP contribution in [-0.4, -0.2) is 34.5 Å². The Morgan fingerprint density at radius 3 is 2.30 bits per heavy atom. The zero-order valence-electron chi connectivity index (χ0n) is 14.0. The third kappa shape index (κ3) is 3.11. The van der Waals surface area contributed by atoms with Crippen molar-refractivity contribution in [1.82, 2.24) is 29.5 Å². The Morgan fingerprint density at radius 2 is 1.70 bits per heavy atom. The normalized spacial score (nSPS) is 12.0. The summed E-state index contributed by atoms with van der Waals surface area (Å²) in [5.41, 5.74) is 8.34. The molecule has 134 valence electrons. The quantitative estimate of drug-likeness (QED) is 0.424. The van der Waals surface area contributed by atoms with Crippen LogP contribution >= 0.6 is 0 Å². The first-order valence-corrected chi connectivity index (χ1v) is 8.00. The van der Waals surface area contributed by atoms with Crippen LogP contribution < -0.4 is 5.73 Å². The molecular formula is C17H14N8O2. The fourth-order valence-electron chi connectivity index (χ4n) is 2.85. The van der Waals surface area contributed by atoms with Crippen LogP contribution in [-0.2, 0) is 0 Å². The van der Waals surface area contributed by atoms with Crippen molar-refractivity contribution in [3.63, 3.8) is 0 Å². The van der Waals surface area contributed by atoms with E-state index in [1.54, 1.807) is 0 Å². The molecule has 4 rings (SSSR count). The topological polar surface area (TPSA) is 131 Å². The molecule has 0 bridgehead atoms. The third-order valence-electron chi connectivity index (χ3n) is 4.07. The van der Waals surface area contributed by atoms with Crippen LogP contribution in [0.25, 0.3) is 5.69 Å². The Labute approximate surface area is 153 Å². The van der Waals surface area contributed by atoms with E-state index in [-0.39, 0.29) is 12.0 Å². The molecule has 0 aliphatic heterocycles. The maximum absolute atomic E-state index is 11.0. The van der Waals surface area contributed by atoms with Crippen LogP contribution in [0.5, 0.6) is 0 Å². The van der Waals surface area contributed by atoms with Gasteiger partial charge in [0.25, 0.3) is 0 Å². The fraction of sp³-hybridized carbons (Fsp3) is 0.0588. The summed E-state index contributed by atoms with van der Waals surface area (Å²) in [5.74, 6) is -0.155. The molecule has 10 nitrogen and oxygen atoms in total. The standard InChI is InChI=1S/C17H14N8O2/c18-16-19-10-21-24(16)14-8-6-13(7-9-14)15(12-4-2-1-3-5-12)23-11-20-17(22-23)25(26)27/h1-11,15H,(H2,18,19,21). The van der Waals surface area contributed by atoms with E-state index in [2.05, 4.69) is 20.2 Å². The summed E-state index contributed by atoms with van der Waals surface area (Å²) in [6.45, 7) is 0. The first-order valence-electron chi connectivity index (χ1n) is 8.00. The smallest absolute Gasteiger partial charge is 0.390 e. The van der Waals surface area contributed by atoms with Crippen molar-refractivity contribution in [2.24, 2.45) is 0 Å². The molecule has 4 aromatic rings. The van der Waals surface area contributed by atoms with Crippen molar-refractivity contribution in [2.45, 2.75) is 6.04 Å². The van der Waals surface area contributed by atoms with E-state index in [0.717, 1.165) is 16.8 Å². The monoisotopic (exact) mass is 362 g/mol. The minimum atomic E-state index is -0.616. The maximum Gasteiger partial charge on any atom is 0.490 e. The molecule has 2 aromatic carbocycles. The molecule has 0 aliphatic carbocycles. The zero-order valence-corrected chi connectivity index (χ0v) is 14.0. The first-order chi connectivity index (χ1) is 13.1. The molecule has 0 aliphatic rings. The number of aromatic nitrogens is 6. The molecule has 1 unspecified atom stereocenters. The van der Waals surface area contributed by atoms with E-state index < -0.39 is 10.9 Å². The van der Waals surface area contributed by atoms with Crippen LogP contribution in [0.2, 0.25) is 0 Å². The molecule has 2 aromatic heterocycles. The number of nitro groups is 1. The largest absolute Gasteiger partial charge is 0.490 e. The highest BCUT2D eigenvalue weighted by Gasteiger charge is 2.23.